The quantitative estimate of drug-likeness (QED) is 0.889. The maximum atomic E-state index is 12.6. The van der Waals surface area contributed by atoms with Gasteiger partial charge in [-0.1, -0.05) is 17.7 Å². The number of nitrogens with zero attached hydrogens (tertiary/aromatic N) is 2. The maximum Gasteiger partial charge on any atom is 0.281 e. The lowest BCUT2D eigenvalue weighted by molar-refractivity contribution is 0.588. The molecule has 20 heavy (non-hydrogen) atoms. The molecule has 3 N–H and O–H groups in total. The van der Waals surface area contributed by atoms with Crippen LogP contribution in [0.15, 0.2) is 29.4 Å². The van der Waals surface area contributed by atoms with Crippen molar-refractivity contribution >= 4 is 15.7 Å². The van der Waals surface area contributed by atoms with Gasteiger partial charge in [-0.3, -0.25) is 9.40 Å². The minimum atomic E-state index is -3.69. The number of nitrogens with one attached hydrogen (secondary N) is 1. The molecule has 2 aromatic rings. The lowest BCUT2D eigenvalue weighted by Crippen LogP contribution is -2.28. The number of H-pyrrole nitrogens is 1. The summed E-state index contributed by atoms with van der Waals surface area (Å²) in [6.07, 6.45) is 1.43. The molecule has 6 nitrogen and oxygen atoms in total. The summed E-state index contributed by atoms with van der Waals surface area (Å²) in [4.78, 5) is 0. The average Bonchev–Trinajstić information content (AvgIpc) is 2.87. The zero-order valence-electron chi connectivity index (χ0n) is 11.7. The van der Waals surface area contributed by atoms with Gasteiger partial charge in [0.15, 0.2) is 5.03 Å². The highest BCUT2D eigenvalue weighted by molar-refractivity contribution is 7.92. The van der Waals surface area contributed by atoms with E-state index < -0.39 is 10.0 Å². The molecule has 1 aromatic heterocycles. The van der Waals surface area contributed by atoms with Crippen LogP contribution in [0.25, 0.3) is 0 Å². The van der Waals surface area contributed by atoms with E-state index >= 15 is 0 Å². The van der Waals surface area contributed by atoms with Crippen molar-refractivity contribution in [1.82, 2.24) is 10.2 Å². The van der Waals surface area contributed by atoms with Gasteiger partial charge >= 0.3 is 0 Å². The van der Waals surface area contributed by atoms with Crippen molar-refractivity contribution in [3.63, 3.8) is 0 Å². The Morgan fingerprint density at radius 1 is 1.35 bits per heavy atom. The molecule has 0 aliphatic rings. The first-order valence-corrected chi connectivity index (χ1v) is 7.60. The van der Waals surface area contributed by atoms with E-state index in [-0.39, 0.29) is 11.6 Å². The predicted molar refractivity (Wildman–Crippen MR) is 78.0 cm³/mol. The molecule has 0 aliphatic heterocycles. The molecule has 0 unspecified atom stereocenters. The van der Waals surface area contributed by atoms with Gasteiger partial charge in [-0.25, -0.2) is 0 Å². The molecule has 0 fully saturated rings. The summed E-state index contributed by atoms with van der Waals surface area (Å²) in [6, 6.07) is 5.62. The number of sulfonamides is 1. The Hall–Kier alpha value is -1.86. The van der Waals surface area contributed by atoms with Gasteiger partial charge in [-0.05, 0) is 25.5 Å². The van der Waals surface area contributed by atoms with Crippen LogP contribution in [0.5, 0.6) is 0 Å². The van der Waals surface area contributed by atoms with Crippen molar-refractivity contribution in [1.29, 1.82) is 0 Å². The molecule has 0 aliphatic carbocycles. The fourth-order valence-electron chi connectivity index (χ4n) is 2.09. The minimum Gasteiger partial charge on any atom is -0.326 e. The standard InChI is InChI=1S/C13H18N4O2S/c1-9-4-5-12(10(2)6-9)17(3)20(18,19)13-11(7-14)8-15-16-13/h4-6,8H,7,14H2,1-3H3,(H,15,16). The Morgan fingerprint density at radius 2 is 2.05 bits per heavy atom. The van der Waals surface area contributed by atoms with Crippen LogP contribution in [0.4, 0.5) is 5.69 Å². The first-order chi connectivity index (χ1) is 9.37. The van der Waals surface area contributed by atoms with Gasteiger partial charge in [0.2, 0.25) is 0 Å². The third-order valence-corrected chi connectivity index (χ3v) is 5.00. The van der Waals surface area contributed by atoms with Crippen LogP contribution in [0.3, 0.4) is 0 Å². The average molecular weight is 294 g/mol. The van der Waals surface area contributed by atoms with Crippen molar-refractivity contribution < 1.29 is 8.42 Å². The van der Waals surface area contributed by atoms with Gasteiger partial charge in [0.25, 0.3) is 10.0 Å². The SMILES string of the molecule is Cc1ccc(N(C)S(=O)(=O)c2[nH]ncc2CN)c(C)c1. The molecule has 1 aromatic carbocycles. The molecule has 1 heterocycles. The third kappa shape index (κ3) is 2.41. The van der Waals surface area contributed by atoms with Crippen LogP contribution >= 0.6 is 0 Å². The summed E-state index contributed by atoms with van der Waals surface area (Å²) in [7, 11) is -2.17. The van der Waals surface area contributed by atoms with Crippen molar-refractivity contribution in [2.45, 2.75) is 25.4 Å². The van der Waals surface area contributed by atoms with Crippen molar-refractivity contribution in [3.8, 4) is 0 Å². The highest BCUT2D eigenvalue weighted by atomic mass is 32.2. The van der Waals surface area contributed by atoms with Crippen LogP contribution < -0.4 is 10.0 Å². The van der Waals surface area contributed by atoms with E-state index in [4.69, 9.17) is 5.73 Å². The van der Waals surface area contributed by atoms with Gasteiger partial charge in [0, 0.05) is 19.2 Å². The number of anilines is 1. The second kappa shape index (κ2) is 5.26. The van der Waals surface area contributed by atoms with Crippen LogP contribution in [0.1, 0.15) is 16.7 Å². The third-order valence-electron chi connectivity index (χ3n) is 3.21. The lowest BCUT2D eigenvalue weighted by atomic mass is 10.1. The Morgan fingerprint density at radius 3 is 2.65 bits per heavy atom. The fraction of sp³-hybridized carbons (Fsp3) is 0.308. The molecule has 0 spiro atoms. The van der Waals surface area contributed by atoms with Crippen molar-refractivity contribution in [3.05, 3.63) is 41.1 Å². The summed E-state index contributed by atoms with van der Waals surface area (Å²) < 4.78 is 26.5. The first kappa shape index (κ1) is 14.5. The van der Waals surface area contributed by atoms with E-state index in [2.05, 4.69) is 10.2 Å². The second-order valence-corrected chi connectivity index (χ2v) is 6.60. The van der Waals surface area contributed by atoms with E-state index in [9.17, 15) is 8.42 Å². The molecule has 0 bridgehead atoms. The number of hydrogen-bond acceptors (Lipinski definition) is 4. The highest BCUT2D eigenvalue weighted by Crippen LogP contribution is 2.26. The van der Waals surface area contributed by atoms with Crippen molar-refractivity contribution in [2.75, 3.05) is 11.4 Å². The van der Waals surface area contributed by atoms with E-state index in [1.54, 1.807) is 6.07 Å². The number of nitrogens with two attached hydrogens (primary N) is 1. The Labute approximate surface area is 118 Å². The summed E-state index contributed by atoms with van der Waals surface area (Å²) in [5, 5.41) is 6.32. The Kier molecular flexibility index (Phi) is 3.82. The minimum absolute atomic E-state index is 0.0440. The smallest absolute Gasteiger partial charge is 0.281 e. The van der Waals surface area contributed by atoms with E-state index in [0.29, 0.717) is 11.3 Å². The maximum absolute atomic E-state index is 12.6. The number of aromatic nitrogens is 2. The number of hydrogen-bond donors (Lipinski definition) is 2. The summed E-state index contributed by atoms with van der Waals surface area (Å²) in [5.74, 6) is 0. The van der Waals surface area contributed by atoms with Crippen LogP contribution in [-0.2, 0) is 16.6 Å². The van der Waals surface area contributed by atoms with Gasteiger partial charge in [-0.15, -0.1) is 0 Å². The molecule has 0 radical (unpaired) electrons. The number of rotatable bonds is 4. The van der Waals surface area contributed by atoms with Gasteiger partial charge < -0.3 is 5.73 Å². The van der Waals surface area contributed by atoms with E-state index in [1.807, 2.05) is 26.0 Å². The summed E-state index contributed by atoms with van der Waals surface area (Å²) in [6.45, 7) is 3.96. The van der Waals surface area contributed by atoms with Crippen molar-refractivity contribution in [2.24, 2.45) is 5.73 Å². The molecule has 0 saturated carbocycles. The lowest BCUT2D eigenvalue weighted by Gasteiger charge is -2.21. The first-order valence-electron chi connectivity index (χ1n) is 6.16. The van der Waals surface area contributed by atoms with E-state index in [0.717, 1.165) is 11.1 Å². The molecule has 0 saturated heterocycles. The monoisotopic (exact) mass is 294 g/mol. The van der Waals surface area contributed by atoms with Gasteiger partial charge in [0.1, 0.15) is 0 Å². The topological polar surface area (TPSA) is 92.1 Å². The Bertz CT molecular complexity index is 722. The fourth-order valence-corrected chi connectivity index (χ4v) is 3.47. The predicted octanol–water partition coefficient (Wildman–Crippen LogP) is 1.31. The molecular weight excluding hydrogens is 276 g/mol. The van der Waals surface area contributed by atoms with Gasteiger partial charge in [0.05, 0.1) is 11.9 Å². The molecule has 0 amide bonds. The molecular formula is C13H18N4O2S. The molecule has 7 heteroatoms. The number of aromatic amines is 1. The summed E-state index contributed by atoms with van der Waals surface area (Å²) in [5.41, 5.74) is 8.62. The van der Waals surface area contributed by atoms with Gasteiger partial charge in [-0.2, -0.15) is 13.5 Å². The molecule has 0 atom stereocenters. The normalized spacial score (nSPS) is 11.6. The number of aryl methyl sites for hydroxylation is 2. The zero-order chi connectivity index (χ0) is 14.9. The largest absolute Gasteiger partial charge is 0.326 e. The van der Waals surface area contributed by atoms with Crippen LogP contribution in [-0.4, -0.2) is 25.7 Å². The number of benzene rings is 1. The second-order valence-electron chi connectivity index (χ2n) is 4.69. The molecule has 108 valence electrons. The zero-order valence-corrected chi connectivity index (χ0v) is 12.5. The Balaban J connectivity index is 2.49. The van der Waals surface area contributed by atoms with Crippen LogP contribution in [0, 0.1) is 13.8 Å². The van der Waals surface area contributed by atoms with E-state index in [1.165, 1.54) is 17.5 Å². The van der Waals surface area contributed by atoms with Crippen LogP contribution in [0.2, 0.25) is 0 Å². The molecule has 2 rings (SSSR count). The highest BCUT2D eigenvalue weighted by Gasteiger charge is 2.26. The summed E-state index contributed by atoms with van der Waals surface area (Å²) >= 11 is 0.